The summed E-state index contributed by atoms with van der Waals surface area (Å²) in [6, 6.07) is 12.3. The van der Waals surface area contributed by atoms with E-state index in [1.54, 1.807) is 14.2 Å². The maximum Gasteiger partial charge on any atom is 0.161 e. The van der Waals surface area contributed by atoms with Gasteiger partial charge in [0.05, 0.1) is 14.2 Å². The molecule has 2 aromatic rings. The van der Waals surface area contributed by atoms with Crippen LogP contribution < -0.4 is 14.4 Å². The maximum atomic E-state index is 5.39. The lowest BCUT2D eigenvalue weighted by Crippen LogP contribution is -2.08. The van der Waals surface area contributed by atoms with E-state index in [4.69, 9.17) is 9.47 Å². The quantitative estimate of drug-likeness (QED) is 0.825. The molecule has 3 nitrogen and oxygen atoms in total. The highest BCUT2D eigenvalue weighted by Gasteiger charge is 2.10. The summed E-state index contributed by atoms with van der Waals surface area (Å²) in [5.41, 5.74) is 4.43. The Morgan fingerprint density at radius 1 is 0.952 bits per heavy atom. The van der Waals surface area contributed by atoms with Crippen molar-refractivity contribution in [3.63, 3.8) is 0 Å². The fourth-order valence-corrected chi connectivity index (χ4v) is 2.25. The molecule has 0 saturated heterocycles. The Morgan fingerprint density at radius 3 is 2.24 bits per heavy atom. The molecule has 0 aliphatic carbocycles. The molecule has 0 heterocycles. The summed E-state index contributed by atoms with van der Waals surface area (Å²) in [5.74, 6) is 1.45. The number of hydrogen-bond acceptors (Lipinski definition) is 3. The zero-order valence-electron chi connectivity index (χ0n) is 13.0. The normalized spacial score (nSPS) is 10.1. The number of rotatable bonds is 5. The fraction of sp³-hybridized carbons (Fsp3) is 0.222. The molecule has 2 aromatic carbocycles. The summed E-state index contributed by atoms with van der Waals surface area (Å²) in [6.07, 6.45) is 1.87. The summed E-state index contributed by atoms with van der Waals surface area (Å²) in [4.78, 5) is 2.08. The van der Waals surface area contributed by atoms with Crippen LogP contribution in [0.2, 0.25) is 0 Å². The van der Waals surface area contributed by atoms with Crippen molar-refractivity contribution in [3.8, 4) is 22.6 Å². The Balaban J connectivity index is 2.59. The molecule has 0 amide bonds. The lowest BCUT2D eigenvalue weighted by Gasteiger charge is -2.16. The van der Waals surface area contributed by atoms with Crippen LogP contribution in [0.5, 0.6) is 11.5 Å². The highest BCUT2D eigenvalue weighted by Crippen LogP contribution is 2.35. The molecule has 0 bridgehead atoms. The van der Waals surface area contributed by atoms with Crippen molar-refractivity contribution < 1.29 is 9.47 Å². The molecule has 0 aliphatic heterocycles. The van der Waals surface area contributed by atoms with E-state index in [1.165, 1.54) is 0 Å². The van der Waals surface area contributed by atoms with Gasteiger partial charge in [0.2, 0.25) is 0 Å². The minimum absolute atomic E-state index is 0.722. The van der Waals surface area contributed by atoms with Gasteiger partial charge in [-0.2, -0.15) is 0 Å². The van der Waals surface area contributed by atoms with Crippen molar-refractivity contribution in [2.45, 2.75) is 0 Å². The highest BCUT2D eigenvalue weighted by atomic mass is 16.5. The molecular formula is C18H21NO2. The number of hydrogen-bond donors (Lipinski definition) is 0. The zero-order chi connectivity index (χ0) is 15.4. The highest BCUT2D eigenvalue weighted by molar-refractivity contribution is 5.79. The van der Waals surface area contributed by atoms with E-state index in [9.17, 15) is 0 Å². The van der Waals surface area contributed by atoms with Crippen LogP contribution in [0.1, 0.15) is 5.56 Å². The van der Waals surface area contributed by atoms with Gasteiger partial charge in [0.1, 0.15) is 0 Å². The summed E-state index contributed by atoms with van der Waals surface area (Å²) < 4.78 is 10.7. The van der Waals surface area contributed by atoms with E-state index >= 15 is 0 Å². The van der Waals surface area contributed by atoms with Crippen LogP contribution in [-0.4, -0.2) is 28.3 Å². The molecule has 0 fully saturated rings. The molecule has 0 spiro atoms. The third kappa shape index (κ3) is 3.02. The Kier molecular flexibility index (Phi) is 4.53. The van der Waals surface area contributed by atoms with Crippen LogP contribution in [-0.2, 0) is 0 Å². The van der Waals surface area contributed by atoms with E-state index in [1.807, 2.05) is 38.4 Å². The monoisotopic (exact) mass is 283 g/mol. The van der Waals surface area contributed by atoms with Crippen molar-refractivity contribution in [2.24, 2.45) is 0 Å². The minimum Gasteiger partial charge on any atom is -0.493 e. The third-order valence-electron chi connectivity index (χ3n) is 3.47. The van der Waals surface area contributed by atoms with Gasteiger partial charge in [0.15, 0.2) is 11.5 Å². The first kappa shape index (κ1) is 15.0. The molecule has 3 heteroatoms. The number of nitrogens with zero attached hydrogens (tertiary/aromatic N) is 1. The molecule has 0 atom stereocenters. The summed E-state index contributed by atoms with van der Waals surface area (Å²) in [5, 5.41) is 0. The van der Waals surface area contributed by atoms with E-state index < -0.39 is 0 Å². The van der Waals surface area contributed by atoms with E-state index in [0.717, 1.165) is 33.9 Å². The summed E-state index contributed by atoms with van der Waals surface area (Å²) in [6.45, 7) is 3.90. The number of methoxy groups -OCH3 is 2. The molecular weight excluding hydrogens is 262 g/mol. The Morgan fingerprint density at radius 2 is 1.67 bits per heavy atom. The minimum atomic E-state index is 0.722. The molecule has 2 rings (SSSR count). The average Bonchev–Trinajstić information content (AvgIpc) is 2.53. The summed E-state index contributed by atoms with van der Waals surface area (Å²) >= 11 is 0. The van der Waals surface area contributed by atoms with Crippen molar-refractivity contribution in [3.05, 3.63) is 48.5 Å². The molecule has 0 aliphatic rings. The Labute approximate surface area is 126 Å². The predicted octanol–water partition coefficient (Wildman–Crippen LogP) is 4.08. The fourth-order valence-electron chi connectivity index (χ4n) is 2.25. The third-order valence-corrected chi connectivity index (χ3v) is 3.47. The van der Waals surface area contributed by atoms with Crippen molar-refractivity contribution in [1.29, 1.82) is 0 Å². The van der Waals surface area contributed by atoms with E-state index in [-0.39, 0.29) is 0 Å². The van der Waals surface area contributed by atoms with Gasteiger partial charge in [-0.1, -0.05) is 24.8 Å². The average molecular weight is 283 g/mol. The van der Waals surface area contributed by atoms with Crippen LogP contribution in [0.25, 0.3) is 17.2 Å². The molecule has 0 N–H and O–H groups in total. The largest absolute Gasteiger partial charge is 0.493 e. The maximum absolute atomic E-state index is 5.39. The second-order valence-corrected chi connectivity index (χ2v) is 4.94. The van der Waals surface area contributed by atoms with Gasteiger partial charge in [0, 0.05) is 19.8 Å². The zero-order valence-corrected chi connectivity index (χ0v) is 13.0. The molecule has 21 heavy (non-hydrogen) atoms. The van der Waals surface area contributed by atoms with Crippen LogP contribution in [0.4, 0.5) is 5.69 Å². The van der Waals surface area contributed by atoms with Crippen LogP contribution in [0.15, 0.2) is 43.0 Å². The standard InChI is InChI=1S/C18H21NO2/c1-6-13-7-9-15(19(2)3)12-16(13)14-8-10-17(20-4)18(11-14)21-5/h6-12H,1H2,2-5H3. The molecule has 0 unspecified atom stereocenters. The number of ether oxygens (including phenoxy) is 2. The van der Waals surface area contributed by atoms with Gasteiger partial charge in [-0.05, 0) is 41.0 Å². The topological polar surface area (TPSA) is 21.7 Å². The van der Waals surface area contributed by atoms with Crippen molar-refractivity contribution in [2.75, 3.05) is 33.2 Å². The van der Waals surface area contributed by atoms with E-state index in [0.29, 0.717) is 0 Å². The van der Waals surface area contributed by atoms with Gasteiger partial charge < -0.3 is 14.4 Å². The lowest BCUT2D eigenvalue weighted by molar-refractivity contribution is 0.355. The predicted molar refractivity (Wildman–Crippen MR) is 89.4 cm³/mol. The van der Waals surface area contributed by atoms with Gasteiger partial charge >= 0.3 is 0 Å². The second kappa shape index (κ2) is 6.35. The molecule has 0 radical (unpaired) electrons. The number of anilines is 1. The molecule has 0 aromatic heterocycles. The SMILES string of the molecule is C=Cc1ccc(N(C)C)cc1-c1ccc(OC)c(OC)c1. The summed E-state index contributed by atoms with van der Waals surface area (Å²) in [7, 11) is 7.34. The first-order valence-corrected chi connectivity index (χ1v) is 6.77. The first-order valence-electron chi connectivity index (χ1n) is 6.77. The van der Waals surface area contributed by atoms with Gasteiger partial charge in [0.25, 0.3) is 0 Å². The van der Waals surface area contributed by atoms with Crippen molar-refractivity contribution in [1.82, 2.24) is 0 Å². The Bertz CT molecular complexity index is 648. The molecule has 0 saturated carbocycles. The van der Waals surface area contributed by atoms with Crippen molar-refractivity contribution >= 4 is 11.8 Å². The van der Waals surface area contributed by atoms with Crippen LogP contribution in [0, 0.1) is 0 Å². The first-order chi connectivity index (χ1) is 10.1. The van der Waals surface area contributed by atoms with Gasteiger partial charge in [-0.25, -0.2) is 0 Å². The second-order valence-electron chi connectivity index (χ2n) is 4.94. The lowest BCUT2D eigenvalue weighted by atomic mass is 9.98. The van der Waals surface area contributed by atoms with E-state index in [2.05, 4.69) is 29.7 Å². The van der Waals surface area contributed by atoms with Crippen LogP contribution >= 0.6 is 0 Å². The van der Waals surface area contributed by atoms with Gasteiger partial charge in [-0.3, -0.25) is 0 Å². The smallest absolute Gasteiger partial charge is 0.161 e. The van der Waals surface area contributed by atoms with Gasteiger partial charge in [-0.15, -0.1) is 0 Å². The van der Waals surface area contributed by atoms with Crippen LogP contribution in [0.3, 0.4) is 0 Å². The number of benzene rings is 2. The molecule has 110 valence electrons. The Hall–Kier alpha value is -2.42.